The minimum Gasteiger partial charge on any atom is -0.372 e. The molecule has 1 heterocycles. The molecule has 4 heteroatoms. The molecule has 0 radical (unpaired) electrons. The van der Waals surface area contributed by atoms with Crippen LogP contribution in [0.4, 0.5) is 10.1 Å². The molecule has 2 aromatic rings. The largest absolute Gasteiger partial charge is 0.372 e. The average molecular weight is 339 g/mol. The van der Waals surface area contributed by atoms with E-state index < -0.39 is 0 Å². The van der Waals surface area contributed by atoms with Gasteiger partial charge in [-0.25, -0.2) is 4.39 Å². The van der Waals surface area contributed by atoms with E-state index in [0.717, 1.165) is 37.7 Å². The highest BCUT2D eigenvalue weighted by atomic mass is 19.1. The van der Waals surface area contributed by atoms with E-state index in [1.54, 1.807) is 0 Å². The molecule has 0 amide bonds. The van der Waals surface area contributed by atoms with Crippen molar-refractivity contribution in [2.45, 2.75) is 19.4 Å². The first-order valence-corrected chi connectivity index (χ1v) is 8.91. The number of halogens is 1. The Labute approximate surface area is 149 Å². The fourth-order valence-corrected chi connectivity index (χ4v) is 3.32. The molecule has 132 valence electrons. The van der Waals surface area contributed by atoms with Gasteiger partial charge in [0, 0.05) is 25.3 Å². The molecule has 1 aliphatic heterocycles. The average Bonchev–Trinajstić information content (AvgIpc) is 2.63. The molecule has 2 aromatic carbocycles. The van der Waals surface area contributed by atoms with Gasteiger partial charge in [0.2, 0.25) is 0 Å². The lowest BCUT2D eigenvalue weighted by Crippen LogP contribution is -2.39. The summed E-state index contributed by atoms with van der Waals surface area (Å²) in [6.45, 7) is 8.03. The van der Waals surface area contributed by atoms with Gasteiger partial charge < -0.3 is 10.6 Å². The van der Waals surface area contributed by atoms with Gasteiger partial charge in [-0.2, -0.15) is 0 Å². The van der Waals surface area contributed by atoms with Crippen LogP contribution in [0, 0.1) is 11.7 Å². The highest BCUT2D eigenvalue weighted by molar-refractivity contribution is 5.46. The molecule has 0 bridgehead atoms. The number of benzene rings is 2. The number of hydrogen-bond donors (Lipinski definition) is 2. The van der Waals surface area contributed by atoms with E-state index in [9.17, 15) is 4.39 Å². The number of anilines is 1. The highest BCUT2D eigenvalue weighted by Gasteiger charge is 2.19. The standard InChI is InChI=1S/C21H26FN3/c1-17(24-21-7-3-2-4-8-21)23-14-19-6-5-13-25(16-19)15-18-9-11-20(22)12-10-18/h2-4,7-12,19,23-24H,1,5-6,13-16H2. The van der Waals surface area contributed by atoms with Crippen LogP contribution in [0.25, 0.3) is 0 Å². The first-order chi connectivity index (χ1) is 12.2. The molecule has 0 aliphatic carbocycles. The van der Waals surface area contributed by atoms with E-state index >= 15 is 0 Å². The molecule has 1 unspecified atom stereocenters. The van der Waals surface area contributed by atoms with Gasteiger partial charge in [0.25, 0.3) is 0 Å². The van der Waals surface area contributed by atoms with Crippen molar-refractivity contribution in [3.63, 3.8) is 0 Å². The van der Waals surface area contributed by atoms with E-state index in [-0.39, 0.29) is 5.82 Å². The predicted octanol–water partition coefficient (Wildman–Crippen LogP) is 4.21. The van der Waals surface area contributed by atoms with Crippen LogP contribution in [0.2, 0.25) is 0 Å². The zero-order valence-electron chi connectivity index (χ0n) is 14.5. The molecule has 0 spiro atoms. The summed E-state index contributed by atoms with van der Waals surface area (Å²) < 4.78 is 13.0. The summed E-state index contributed by atoms with van der Waals surface area (Å²) in [4.78, 5) is 2.45. The minimum absolute atomic E-state index is 0.172. The molecule has 25 heavy (non-hydrogen) atoms. The first-order valence-electron chi connectivity index (χ1n) is 8.91. The highest BCUT2D eigenvalue weighted by Crippen LogP contribution is 2.18. The predicted molar refractivity (Wildman–Crippen MR) is 102 cm³/mol. The molecule has 1 aliphatic rings. The van der Waals surface area contributed by atoms with Crippen molar-refractivity contribution in [1.82, 2.24) is 10.2 Å². The number of likely N-dealkylation sites (tertiary alicyclic amines) is 1. The number of nitrogens with zero attached hydrogens (tertiary/aromatic N) is 1. The van der Waals surface area contributed by atoms with Crippen LogP contribution in [0.15, 0.2) is 67.0 Å². The lowest BCUT2D eigenvalue weighted by Gasteiger charge is -2.33. The van der Waals surface area contributed by atoms with Crippen LogP contribution in [0.1, 0.15) is 18.4 Å². The van der Waals surface area contributed by atoms with Crippen LogP contribution >= 0.6 is 0 Å². The van der Waals surface area contributed by atoms with E-state index in [4.69, 9.17) is 0 Å². The van der Waals surface area contributed by atoms with E-state index in [2.05, 4.69) is 22.1 Å². The van der Waals surface area contributed by atoms with Crippen molar-refractivity contribution in [1.29, 1.82) is 0 Å². The molecule has 1 saturated heterocycles. The summed E-state index contributed by atoms with van der Waals surface area (Å²) in [6, 6.07) is 16.9. The molecule has 3 nitrogen and oxygen atoms in total. The van der Waals surface area contributed by atoms with Crippen LogP contribution in [0.3, 0.4) is 0 Å². The summed E-state index contributed by atoms with van der Waals surface area (Å²) in [5.74, 6) is 1.26. The molecule has 2 N–H and O–H groups in total. The minimum atomic E-state index is -0.172. The van der Waals surface area contributed by atoms with Crippen molar-refractivity contribution >= 4 is 5.69 Å². The van der Waals surface area contributed by atoms with Gasteiger partial charge in [0.1, 0.15) is 5.82 Å². The molecular weight excluding hydrogens is 313 g/mol. The molecule has 3 rings (SSSR count). The second-order valence-corrected chi connectivity index (χ2v) is 6.72. The van der Waals surface area contributed by atoms with Crippen molar-refractivity contribution < 1.29 is 4.39 Å². The Balaban J connectivity index is 1.43. The third-order valence-electron chi connectivity index (χ3n) is 4.60. The Morgan fingerprint density at radius 1 is 1.12 bits per heavy atom. The zero-order valence-corrected chi connectivity index (χ0v) is 14.5. The van der Waals surface area contributed by atoms with Crippen LogP contribution in [0.5, 0.6) is 0 Å². The molecule has 1 atom stereocenters. The third kappa shape index (κ3) is 5.61. The maximum Gasteiger partial charge on any atom is 0.123 e. The molecule has 0 saturated carbocycles. The molecule has 1 fully saturated rings. The Hall–Kier alpha value is -2.33. The number of para-hydroxylation sites is 1. The monoisotopic (exact) mass is 339 g/mol. The zero-order chi connectivity index (χ0) is 17.5. The van der Waals surface area contributed by atoms with Gasteiger partial charge in [-0.15, -0.1) is 0 Å². The van der Waals surface area contributed by atoms with Gasteiger partial charge >= 0.3 is 0 Å². The summed E-state index contributed by atoms with van der Waals surface area (Å²) >= 11 is 0. The second-order valence-electron chi connectivity index (χ2n) is 6.72. The number of nitrogens with one attached hydrogen (secondary N) is 2. The van der Waals surface area contributed by atoms with Crippen molar-refractivity contribution in [2.24, 2.45) is 5.92 Å². The fraction of sp³-hybridized carbons (Fsp3) is 0.333. The maximum atomic E-state index is 13.0. The summed E-state index contributed by atoms with van der Waals surface area (Å²) in [5.41, 5.74) is 2.21. The van der Waals surface area contributed by atoms with Gasteiger partial charge in [0.15, 0.2) is 0 Å². The Kier molecular flexibility index (Phi) is 6.07. The lowest BCUT2D eigenvalue weighted by atomic mass is 9.97. The number of rotatable bonds is 7. The second kappa shape index (κ2) is 8.67. The topological polar surface area (TPSA) is 27.3 Å². The van der Waals surface area contributed by atoms with Crippen LogP contribution < -0.4 is 10.6 Å². The number of hydrogen-bond acceptors (Lipinski definition) is 3. The van der Waals surface area contributed by atoms with E-state index in [1.807, 2.05) is 42.5 Å². The summed E-state index contributed by atoms with van der Waals surface area (Å²) in [5, 5.41) is 6.69. The van der Waals surface area contributed by atoms with Gasteiger partial charge in [-0.1, -0.05) is 36.9 Å². The Bertz CT molecular complexity index is 669. The first kappa shape index (κ1) is 17.5. The lowest BCUT2D eigenvalue weighted by molar-refractivity contribution is 0.167. The van der Waals surface area contributed by atoms with Crippen molar-refractivity contribution in [2.75, 3.05) is 25.0 Å². The molecular formula is C21H26FN3. The van der Waals surface area contributed by atoms with E-state index in [0.29, 0.717) is 5.92 Å². The SMILES string of the molecule is C=C(NCC1CCCN(Cc2ccc(F)cc2)C1)Nc1ccccc1. The Morgan fingerprint density at radius 3 is 2.64 bits per heavy atom. The Morgan fingerprint density at radius 2 is 1.88 bits per heavy atom. The normalized spacial score (nSPS) is 17.9. The quantitative estimate of drug-likeness (QED) is 0.791. The summed E-state index contributed by atoms with van der Waals surface area (Å²) in [7, 11) is 0. The maximum absolute atomic E-state index is 13.0. The fourth-order valence-electron chi connectivity index (χ4n) is 3.32. The van der Waals surface area contributed by atoms with Crippen LogP contribution in [-0.4, -0.2) is 24.5 Å². The third-order valence-corrected chi connectivity index (χ3v) is 4.60. The van der Waals surface area contributed by atoms with Crippen molar-refractivity contribution in [3.8, 4) is 0 Å². The summed E-state index contributed by atoms with van der Waals surface area (Å²) in [6.07, 6.45) is 2.43. The van der Waals surface area contributed by atoms with Crippen LogP contribution in [-0.2, 0) is 6.54 Å². The molecule has 0 aromatic heterocycles. The van der Waals surface area contributed by atoms with Gasteiger partial charge in [-0.05, 0) is 55.1 Å². The van der Waals surface area contributed by atoms with Gasteiger partial charge in [0.05, 0.1) is 5.82 Å². The van der Waals surface area contributed by atoms with Crippen molar-refractivity contribution in [3.05, 3.63) is 78.4 Å². The van der Waals surface area contributed by atoms with E-state index in [1.165, 1.54) is 30.5 Å². The van der Waals surface area contributed by atoms with Gasteiger partial charge in [-0.3, -0.25) is 4.90 Å². The number of piperidine rings is 1. The smallest absolute Gasteiger partial charge is 0.123 e.